The van der Waals surface area contributed by atoms with Gasteiger partial charge in [0.25, 0.3) is 0 Å². The summed E-state index contributed by atoms with van der Waals surface area (Å²) in [5.41, 5.74) is 2.17. The highest BCUT2D eigenvalue weighted by atomic mass is 32.1. The van der Waals surface area contributed by atoms with Gasteiger partial charge in [-0.3, -0.25) is 19.3 Å². The van der Waals surface area contributed by atoms with E-state index in [0.29, 0.717) is 0 Å². The van der Waals surface area contributed by atoms with Crippen molar-refractivity contribution in [2.45, 2.75) is 12.6 Å². The van der Waals surface area contributed by atoms with Crippen LogP contribution in [0.4, 0.5) is 5.95 Å². The average Bonchev–Trinajstić information content (AvgIpc) is 3.48. The fourth-order valence-corrected chi connectivity index (χ4v) is 5.40. The average molecular weight is 438 g/mol. The summed E-state index contributed by atoms with van der Waals surface area (Å²) in [6.07, 6.45) is 1.16. The van der Waals surface area contributed by atoms with E-state index in [-0.39, 0.29) is 6.17 Å². The maximum Gasteiger partial charge on any atom is 0.216 e. The lowest BCUT2D eigenvalue weighted by molar-refractivity contribution is 0.0361. The number of anilines is 1. The quantitative estimate of drug-likeness (QED) is 0.661. The Morgan fingerprint density at radius 3 is 2.81 bits per heavy atom. The third-order valence-corrected chi connectivity index (χ3v) is 7.15. The number of aromatic nitrogens is 2. The summed E-state index contributed by atoms with van der Waals surface area (Å²) in [6.45, 7) is 7.48. The number of guanidine groups is 1. The fraction of sp³-hybridized carbons (Fsp3) is 0.455. The van der Waals surface area contributed by atoms with Gasteiger partial charge in [0, 0.05) is 24.5 Å². The Morgan fingerprint density at radius 1 is 1.06 bits per heavy atom. The first kappa shape index (κ1) is 19.2. The molecule has 31 heavy (non-hydrogen) atoms. The molecule has 1 aromatic carbocycles. The van der Waals surface area contributed by atoms with Crippen molar-refractivity contribution in [3.63, 3.8) is 0 Å². The summed E-state index contributed by atoms with van der Waals surface area (Å²) in [7, 11) is 0. The van der Waals surface area contributed by atoms with Crippen molar-refractivity contribution in [1.82, 2.24) is 24.7 Å². The molecule has 1 saturated heterocycles. The second-order valence-electron chi connectivity index (χ2n) is 8.23. The zero-order chi connectivity index (χ0) is 20.6. The number of morpholine rings is 1. The lowest BCUT2D eigenvalue weighted by atomic mass is 10.3. The summed E-state index contributed by atoms with van der Waals surface area (Å²) in [5.74, 6) is 1.89. The molecule has 0 aliphatic carbocycles. The first-order chi connectivity index (χ1) is 15.4. The molecule has 5 heterocycles. The highest BCUT2D eigenvalue weighted by molar-refractivity contribution is 7.10. The Labute approximate surface area is 185 Å². The van der Waals surface area contributed by atoms with E-state index >= 15 is 0 Å². The predicted molar refractivity (Wildman–Crippen MR) is 124 cm³/mol. The number of rotatable bonds is 5. The number of hydrogen-bond acceptors (Lipinski definition) is 8. The van der Waals surface area contributed by atoms with Crippen molar-refractivity contribution in [1.29, 1.82) is 0 Å². The Kier molecular flexibility index (Phi) is 5.11. The molecule has 9 heteroatoms. The molecule has 0 bridgehead atoms. The highest BCUT2D eigenvalue weighted by Gasteiger charge is 2.36. The number of fused-ring (bicyclic) bond motifs is 5. The molecular weight excluding hydrogens is 410 g/mol. The van der Waals surface area contributed by atoms with Crippen LogP contribution in [0.3, 0.4) is 0 Å². The van der Waals surface area contributed by atoms with Gasteiger partial charge in [0.1, 0.15) is 6.17 Å². The Bertz CT molecular complexity index is 1070. The molecule has 3 aromatic rings. The van der Waals surface area contributed by atoms with Crippen molar-refractivity contribution in [2.75, 3.05) is 57.6 Å². The molecule has 0 saturated carbocycles. The molecule has 1 atom stereocenters. The number of hydrogen-bond donors (Lipinski definition) is 1. The first-order valence-corrected chi connectivity index (χ1v) is 11.9. The van der Waals surface area contributed by atoms with Crippen molar-refractivity contribution in [2.24, 2.45) is 4.99 Å². The second kappa shape index (κ2) is 8.23. The topological polar surface area (TPSA) is 61.2 Å². The molecule has 0 unspecified atom stereocenters. The smallest absolute Gasteiger partial charge is 0.216 e. The lowest BCUT2D eigenvalue weighted by Crippen LogP contribution is -2.57. The molecule has 1 fully saturated rings. The molecule has 3 aliphatic rings. The van der Waals surface area contributed by atoms with Crippen molar-refractivity contribution in [3.8, 4) is 0 Å². The summed E-state index contributed by atoms with van der Waals surface area (Å²) >= 11 is 1.76. The number of thiophene rings is 1. The zero-order valence-electron chi connectivity index (χ0n) is 17.5. The van der Waals surface area contributed by atoms with E-state index in [9.17, 15) is 0 Å². The summed E-state index contributed by atoms with van der Waals surface area (Å²) in [6, 6.07) is 12.7. The first-order valence-electron chi connectivity index (χ1n) is 11.0. The van der Waals surface area contributed by atoms with E-state index in [1.807, 2.05) is 0 Å². The standard InChI is InChI=1S/C22H27N7OS/c1-2-6-18-17(5-1)24-22-28-16-27(9-4-8-26-10-12-30-13-11-26)15-23-21(28)25-20(29(18)22)19-7-3-14-31-19/h1-3,5-7,14,20H,4,8-13,15-16H2,(H,23,25)/t20-/m1/s1. The number of nitrogens with zero attached hydrogens (tertiary/aromatic N) is 6. The Hall–Kier alpha value is -2.46. The van der Waals surface area contributed by atoms with Gasteiger partial charge in [0.2, 0.25) is 11.9 Å². The maximum absolute atomic E-state index is 5.46. The summed E-state index contributed by atoms with van der Waals surface area (Å²) < 4.78 is 7.77. The van der Waals surface area contributed by atoms with Crippen LogP contribution in [0.5, 0.6) is 0 Å². The summed E-state index contributed by atoms with van der Waals surface area (Å²) in [4.78, 5) is 18.3. The molecular formula is C22H27N7OS. The Morgan fingerprint density at radius 2 is 1.94 bits per heavy atom. The molecule has 2 aromatic heterocycles. The predicted octanol–water partition coefficient (Wildman–Crippen LogP) is 2.36. The zero-order valence-corrected chi connectivity index (χ0v) is 18.3. The largest absolute Gasteiger partial charge is 0.379 e. The van der Waals surface area contributed by atoms with Gasteiger partial charge in [-0.15, -0.1) is 11.3 Å². The van der Waals surface area contributed by atoms with E-state index in [4.69, 9.17) is 14.7 Å². The molecule has 162 valence electrons. The number of benzene rings is 1. The van der Waals surface area contributed by atoms with Gasteiger partial charge in [-0.1, -0.05) is 18.2 Å². The second-order valence-corrected chi connectivity index (χ2v) is 9.21. The van der Waals surface area contributed by atoms with Crippen LogP contribution >= 0.6 is 11.3 Å². The van der Waals surface area contributed by atoms with Gasteiger partial charge in [0.05, 0.1) is 37.6 Å². The van der Waals surface area contributed by atoms with Crippen molar-refractivity contribution in [3.05, 3.63) is 46.7 Å². The van der Waals surface area contributed by atoms with E-state index < -0.39 is 0 Å². The Balaban J connectivity index is 1.25. The molecule has 0 radical (unpaired) electrons. The third kappa shape index (κ3) is 3.61. The highest BCUT2D eigenvalue weighted by Crippen LogP contribution is 2.35. The minimum atomic E-state index is 0.0188. The van der Waals surface area contributed by atoms with E-state index in [2.05, 4.69) is 66.4 Å². The van der Waals surface area contributed by atoms with Crippen molar-refractivity contribution >= 4 is 34.3 Å². The molecule has 6 rings (SSSR count). The molecule has 0 amide bonds. The van der Waals surface area contributed by atoms with Crippen LogP contribution in [0.15, 0.2) is 46.8 Å². The monoisotopic (exact) mass is 437 g/mol. The minimum Gasteiger partial charge on any atom is -0.379 e. The molecule has 1 N–H and O–H groups in total. The van der Waals surface area contributed by atoms with Gasteiger partial charge in [-0.05, 0) is 36.5 Å². The fourth-order valence-electron chi connectivity index (χ4n) is 4.64. The number of para-hydroxylation sites is 2. The molecule has 0 spiro atoms. The number of imidazole rings is 1. The third-order valence-electron chi connectivity index (χ3n) is 6.23. The van der Waals surface area contributed by atoms with Crippen LogP contribution < -0.4 is 10.2 Å². The molecule has 3 aliphatic heterocycles. The minimum absolute atomic E-state index is 0.0188. The number of nitrogens with one attached hydrogen (secondary N) is 1. The van der Waals surface area contributed by atoms with Gasteiger partial charge < -0.3 is 10.1 Å². The van der Waals surface area contributed by atoms with E-state index in [1.54, 1.807) is 11.3 Å². The van der Waals surface area contributed by atoms with Gasteiger partial charge in [-0.25, -0.2) is 9.98 Å². The van der Waals surface area contributed by atoms with Crippen LogP contribution in [-0.4, -0.2) is 78.0 Å². The number of ether oxygens (including phenoxy) is 1. The van der Waals surface area contributed by atoms with Crippen molar-refractivity contribution < 1.29 is 4.74 Å². The van der Waals surface area contributed by atoms with Gasteiger partial charge in [-0.2, -0.15) is 0 Å². The summed E-state index contributed by atoms with van der Waals surface area (Å²) in [5, 5.41) is 5.81. The van der Waals surface area contributed by atoms with E-state index in [0.717, 1.165) is 82.1 Å². The van der Waals surface area contributed by atoms with Crippen LogP contribution in [0.1, 0.15) is 17.5 Å². The lowest BCUT2D eigenvalue weighted by Gasteiger charge is -2.41. The van der Waals surface area contributed by atoms with Crippen LogP contribution in [0, 0.1) is 0 Å². The number of aliphatic imine (C=N–C) groups is 1. The van der Waals surface area contributed by atoms with E-state index in [1.165, 1.54) is 4.88 Å². The normalized spacial score (nSPS) is 22.1. The van der Waals surface area contributed by atoms with Gasteiger partial charge in [0.15, 0.2) is 0 Å². The van der Waals surface area contributed by atoms with Gasteiger partial charge >= 0.3 is 0 Å². The van der Waals surface area contributed by atoms with Crippen LogP contribution in [0.25, 0.3) is 11.0 Å². The molecule has 8 nitrogen and oxygen atoms in total. The van der Waals surface area contributed by atoms with Crippen LogP contribution in [0.2, 0.25) is 0 Å². The maximum atomic E-state index is 5.46. The SMILES string of the molecule is c1csc([C@@H]2NC3=NCN(CCCN4CCOCC4)CN3c3nc4ccccc4n32)c1. The van der Waals surface area contributed by atoms with Crippen LogP contribution in [-0.2, 0) is 4.74 Å².